The van der Waals surface area contributed by atoms with E-state index in [4.69, 9.17) is 11.6 Å². The summed E-state index contributed by atoms with van der Waals surface area (Å²) in [6, 6.07) is 19.1. The highest BCUT2D eigenvalue weighted by molar-refractivity contribution is 6.30. The molecular weight excluding hydrogens is 555 g/mol. The van der Waals surface area contributed by atoms with Crippen LogP contribution in [0.2, 0.25) is 5.02 Å². The van der Waals surface area contributed by atoms with Crippen molar-refractivity contribution in [1.29, 1.82) is 0 Å². The average Bonchev–Trinajstić information content (AvgIpc) is 2.76. The molecule has 0 aliphatic carbocycles. The molecule has 0 bridgehead atoms. The van der Waals surface area contributed by atoms with Gasteiger partial charge in [0.05, 0.1) is 0 Å². The van der Waals surface area contributed by atoms with E-state index in [0.29, 0.717) is 27.8 Å². The highest BCUT2D eigenvalue weighted by Gasteiger charge is 2.54. The van der Waals surface area contributed by atoms with Crippen LogP contribution in [0.25, 0.3) is 0 Å². The number of hydrogen-bond donors (Lipinski definition) is 2. The third kappa shape index (κ3) is 4.86. The summed E-state index contributed by atoms with van der Waals surface area (Å²) in [5.41, 5.74) is 1.08. The molecule has 170 valence electrons. The van der Waals surface area contributed by atoms with Gasteiger partial charge in [-0.05, 0) is 55.5 Å². The van der Waals surface area contributed by atoms with Crippen molar-refractivity contribution < 1.29 is 42.9 Å². The van der Waals surface area contributed by atoms with Crippen LogP contribution in [0.5, 0.6) is 0 Å². The van der Waals surface area contributed by atoms with E-state index in [1.807, 2.05) is 18.2 Å². The molecule has 4 rings (SSSR count). The zero-order chi connectivity index (χ0) is 22.9. The molecule has 0 spiro atoms. The molecule has 0 saturated carbocycles. The second-order valence-corrected chi connectivity index (χ2v) is 8.14. The molecule has 3 amide bonds. The fraction of sp³-hybridized carbons (Fsp3) is 0.167. The van der Waals surface area contributed by atoms with Crippen LogP contribution in [0, 0.1) is 0 Å². The molecule has 0 radical (unpaired) electrons. The van der Waals surface area contributed by atoms with E-state index in [-0.39, 0.29) is 48.2 Å². The number of halogens is 2. The molecule has 1 aliphatic heterocycles. The molecule has 3 aromatic rings. The first-order valence-electron chi connectivity index (χ1n) is 10.1. The molecule has 9 heteroatoms. The van der Waals surface area contributed by atoms with E-state index < -0.39 is 5.54 Å². The number of anilines is 3. The van der Waals surface area contributed by atoms with Crippen molar-refractivity contribution in [1.82, 2.24) is 0 Å². The number of rotatable bonds is 4. The minimum Gasteiger partial charge on any atom is -1.00 e. The zero-order valence-corrected chi connectivity index (χ0v) is 20.9. The lowest BCUT2D eigenvalue weighted by Crippen LogP contribution is -3.00. The normalized spacial score (nSPS) is 16.9. The van der Waals surface area contributed by atoms with Crippen LogP contribution >= 0.6 is 11.6 Å². The number of carbonyl (C=O) groups is 3. The maximum Gasteiger partial charge on any atom is 0.294 e. The molecule has 0 saturated heterocycles. The molecule has 0 fully saturated rings. The molecule has 33 heavy (non-hydrogen) atoms. The summed E-state index contributed by atoms with van der Waals surface area (Å²) in [7, 11) is 0. The van der Waals surface area contributed by atoms with Crippen LogP contribution in [-0.2, 0) is 26.5 Å². The van der Waals surface area contributed by atoms with Crippen molar-refractivity contribution in [2.75, 3.05) is 15.5 Å². The van der Waals surface area contributed by atoms with E-state index in [2.05, 4.69) is 10.6 Å². The fourth-order valence-corrected chi connectivity index (χ4v) is 4.07. The number of nitrogens with one attached hydrogen (secondary N) is 2. The lowest BCUT2D eigenvalue weighted by Gasteiger charge is -2.40. The van der Waals surface area contributed by atoms with Crippen LogP contribution in [-0.4, -0.2) is 17.7 Å². The second kappa shape index (κ2) is 9.88. The Balaban J connectivity index is 0.00000306. The Morgan fingerprint density at radius 1 is 0.970 bits per heavy atom. The van der Waals surface area contributed by atoms with Crippen molar-refractivity contribution in [2.45, 2.75) is 25.9 Å². The number of nitrogens with zero attached hydrogens (tertiary/aromatic N) is 2. The van der Waals surface area contributed by atoms with Crippen molar-refractivity contribution in [3.05, 3.63) is 83.6 Å². The van der Waals surface area contributed by atoms with E-state index >= 15 is 0 Å². The number of fused-ring (bicyclic) bond motifs is 1. The number of benzene rings is 2. The molecule has 1 aromatic heterocycles. The monoisotopic (exact) mass is 576 g/mol. The van der Waals surface area contributed by atoms with Gasteiger partial charge in [-0.1, -0.05) is 17.7 Å². The van der Waals surface area contributed by atoms with Gasteiger partial charge >= 0.3 is 0 Å². The maximum absolute atomic E-state index is 13.7. The molecule has 2 N–H and O–H groups in total. The lowest BCUT2D eigenvalue weighted by molar-refractivity contribution is -0.697. The summed E-state index contributed by atoms with van der Waals surface area (Å²) in [6.07, 6.45) is 1.79. The van der Waals surface area contributed by atoms with Gasteiger partial charge in [-0.25, -0.2) is 0 Å². The summed E-state index contributed by atoms with van der Waals surface area (Å²) >= 11 is 5.96. The Hall–Kier alpha value is -2.98. The van der Waals surface area contributed by atoms with E-state index in [1.165, 1.54) is 11.8 Å². The van der Waals surface area contributed by atoms with E-state index in [1.54, 1.807) is 66.2 Å². The van der Waals surface area contributed by atoms with Gasteiger partial charge in [0.25, 0.3) is 11.8 Å². The van der Waals surface area contributed by atoms with Gasteiger partial charge < -0.3 is 34.6 Å². The molecule has 1 atom stereocenters. The maximum atomic E-state index is 13.7. The number of pyridine rings is 1. The quantitative estimate of drug-likeness (QED) is 0.351. The average molecular weight is 577 g/mol. The number of amides is 3. The summed E-state index contributed by atoms with van der Waals surface area (Å²) < 4.78 is 1.78. The molecule has 1 unspecified atom stereocenters. The van der Waals surface area contributed by atoms with Gasteiger partial charge in [0, 0.05) is 41.1 Å². The zero-order valence-electron chi connectivity index (χ0n) is 18.0. The van der Waals surface area contributed by atoms with Crippen LogP contribution in [0.15, 0.2) is 72.9 Å². The Bertz CT molecular complexity index is 1200. The van der Waals surface area contributed by atoms with Crippen molar-refractivity contribution >= 4 is 46.4 Å². The highest BCUT2D eigenvalue weighted by Crippen LogP contribution is 2.36. The van der Waals surface area contributed by atoms with E-state index in [0.717, 1.165) is 0 Å². The first-order valence-corrected chi connectivity index (χ1v) is 10.4. The molecule has 1 aliphatic rings. The largest absolute Gasteiger partial charge is 1.00 e. The topological polar surface area (TPSA) is 82.4 Å². The van der Waals surface area contributed by atoms with Gasteiger partial charge in [0.2, 0.25) is 23.7 Å². The predicted octanol–water partition coefficient (Wildman–Crippen LogP) is 0.491. The lowest BCUT2D eigenvalue weighted by atomic mass is 9.89. The van der Waals surface area contributed by atoms with Gasteiger partial charge in [-0.2, -0.15) is 4.57 Å². The first-order chi connectivity index (χ1) is 15.3. The first kappa shape index (κ1) is 24.7. The molecule has 2 heterocycles. The smallest absolute Gasteiger partial charge is 0.294 e. The Morgan fingerprint density at radius 3 is 2.21 bits per heavy atom. The Kier molecular flexibility index (Phi) is 7.38. The SMILES string of the molecule is CC(=O)Nc1ccc(N2C(=O)C[n+]3ccccc3C2(C)C(=O)Nc2ccc(Cl)cc2)cc1.[I-]. The van der Waals surface area contributed by atoms with Gasteiger partial charge in [0.15, 0.2) is 6.20 Å². The standard InChI is InChI=1S/C24H21ClN4O3.HI/c1-16(30)26-18-10-12-20(13-11-18)29-22(31)15-28-14-4-3-5-21(28)24(29,2)23(32)27-19-8-6-17(25)7-9-19;/h3-14H,15H2,1-2H3,(H-,26,27,30,32);1H. The summed E-state index contributed by atoms with van der Waals surface area (Å²) in [6.45, 7) is 3.25. The Labute approximate surface area is 213 Å². The second-order valence-electron chi connectivity index (χ2n) is 7.70. The van der Waals surface area contributed by atoms with Crippen LogP contribution in [0.4, 0.5) is 17.1 Å². The molecular formula is C24H22ClIN4O3. The van der Waals surface area contributed by atoms with Crippen LogP contribution in [0.3, 0.4) is 0 Å². The van der Waals surface area contributed by atoms with Crippen molar-refractivity contribution in [3.8, 4) is 0 Å². The number of carbonyl (C=O) groups excluding carboxylic acids is 3. The van der Waals surface area contributed by atoms with E-state index in [9.17, 15) is 14.4 Å². The third-order valence-electron chi connectivity index (χ3n) is 5.43. The minimum absolute atomic E-state index is 0. The van der Waals surface area contributed by atoms with Gasteiger partial charge in [-0.3, -0.25) is 19.3 Å². The van der Waals surface area contributed by atoms with Crippen LogP contribution in [0.1, 0.15) is 19.5 Å². The summed E-state index contributed by atoms with van der Waals surface area (Å²) in [5, 5.41) is 6.18. The van der Waals surface area contributed by atoms with Gasteiger partial charge in [0.1, 0.15) is 0 Å². The van der Waals surface area contributed by atoms with Gasteiger partial charge in [-0.15, -0.1) is 0 Å². The molecule has 7 nitrogen and oxygen atoms in total. The summed E-state index contributed by atoms with van der Waals surface area (Å²) in [4.78, 5) is 39.8. The molecule has 2 aromatic carbocycles. The van der Waals surface area contributed by atoms with Crippen molar-refractivity contribution in [2.24, 2.45) is 0 Å². The van der Waals surface area contributed by atoms with Crippen LogP contribution < -0.4 is 44.1 Å². The number of hydrogen-bond acceptors (Lipinski definition) is 3. The summed E-state index contributed by atoms with van der Waals surface area (Å²) in [5.74, 6) is -0.780. The highest BCUT2D eigenvalue weighted by atomic mass is 127. The number of aromatic nitrogens is 1. The van der Waals surface area contributed by atoms with Crippen molar-refractivity contribution in [3.63, 3.8) is 0 Å². The third-order valence-corrected chi connectivity index (χ3v) is 5.68. The predicted molar refractivity (Wildman–Crippen MR) is 122 cm³/mol. The Morgan fingerprint density at radius 2 is 1.58 bits per heavy atom. The minimum atomic E-state index is -1.33. The fourth-order valence-electron chi connectivity index (χ4n) is 3.94.